The normalized spacial score (nSPS) is 15.6. The molecule has 184 valence electrons. The Bertz CT molecular complexity index is 1050. The van der Waals surface area contributed by atoms with Crippen molar-refractivity contribution in [1.29, 1.82) is 0 Å². The first-order chi connectivity index (χ1) is 17.1. The lowest BCUT2D eigenvalue weighted by Crippen LogP contribution is -2.48. The van der Waals surface area contributed by atoms with E-state index in [0.29, 0.717) is 13.2 Å². The van der Waals surface area contributed by atoms with Crippen molar-refractivity contribution in [3.05, 3.63) is 100 Å². The number of hydrogen-bond donors (Lipinski definition) is 1. The van der Waals surface area contributed by atoms with Crippen molar-refractivity contribution >= 4 is 17.5 Å². The Morgan fingerprint density at radius 2 is 1.71 bits per heavy atom. The molecule has 3 aromatic rings. The molecule has 6 nitrogen and oxygen atoms in total. The molecular weight excluding hydrogens is 460 g/mol. The van der Waals surface area contributed by atoms with Crippen LogP contribution in [0.1, 0.15) is 28.4 Å². The largest absolute Gasteiger partial charge is 0.370 e. The zero-order chi connectivity index (χ0) is 24.5. The Hall–Kier alpha value is -2.77. The van der Waals surface area contributed by atoms with Crippen molar-refractivity contribution in [2.75, 3.05) is 45.9 Å². The van der Waals surface area contributed by atoms with Gasteiger partial charge in [-0.15, -0.1) is 0 Å². The molecule has 35 heavy (non-hydrogen) atoms. The number of nitrogens with zero attached hydrogens (tertiary/aromatic N) is 3. The van der Waals surface area contributed by atoms with Gasteiger partial charge < -0.3 is 10.1 Å². The van der Waals surface area contributed by atoms with Gasteiger partial charge >= 0.3 is 0 Å². The van der Waals surface area contributed by atoms with E-state index < -0.39 is 0 Å². The molecular formula is C28H33ClN4O2. The van der Waals surface area contributed by atoms with Crippen LogP contribution in [0.25, 0.3) is 0 Å². The zero-order valence-corrected chi connectivity index (χ0v) is 21.0. The molecule has 7 heteroatoms. The Morgan fingerprint density at radius 1 is 1.00 bits per heavy atom. The Balaban J connectivity index is 1.20. The molecule has 2 aromatic carbocycles. The summed E-state index contributed by atoms with van der Waals surface area (Å²) in [5.74, 6) is -0.107. The van der Waals surface area contributed by atoms with E-state index in [4.69, 9.17) is 16.3 Å². The van der Waals surface area contributed by atoms with Gasteiger partial charge in [0.05, 0.1) is 12.6 Å². The smallest absolute Gasteiger partial charge is 0.246 e. The van der Waals surface area contributed by atoms with E-state index in [0.717, 1.165) is 49.0 Å². The third-order valence-electron chi connectivity index (χ3n) is 6.32. The number of hydrogen-bond acceptors (Lipinski definition) is 5. The fourth-order valence-electron chi connectivity index (χ4n) is 4.35. The third-order valence-corrected chi connectivity index (χ3v) is 6.57. The number of halogens is 1. The number of amides is 1. The van der Waals surface area contributed by atoms with Gasteiger partial charge in [0.1, 0.15) is 6.61 Å². The van der Waals surface area contributed by atoms with Gasteiger partial charge in [0.15, 0.2) is 0 Å². The SMILES string of the molecule is Cc1ccc(CNC(=O)COCCN2CCN(C(c3ccccc3)c3ccc(Cl)cc3)CC2)cn1. The summed E-state index contributed by atoms with van der Waals surface area (Å²) in [5, 5.41) is 3.63. The lowest BCUT2D eigenvalue weighted by Gasteiger charge is -2.39. The second-order valence-electron chi connectivity index (χ2n) is 8.88. The first-order valence-corrected chi connectivity index (χ1v) is 12.5. The molecule has 1 fully saturated rings. The minimum Gasteiger partial charge on any atom is -0.370 e. The van der Waals surface area contributed by atoms with Crippen LogP contribution in [0.2, 0.25) is 5.02 Å². The number of carbonyl (C=O) groups is 1. The van der Waals surface area contributed by atoms with Gasteiger partial charge in [0.25, 0.3) is 0 Å². The summed E-state index contributed by atoms with van der Waals surface area (Å²) in [6.07, 6.45) is 1.78. The van der Waals surface area contributed by atoms with Crippen LogP contribution in [-0.2, 0) is 16.1 Å². The van der Waals surface area contributed by atoms with Crippen LogP contribution in [0.4, 0.5) is 0 Å². The summed E-state index contributed by atoms with van der Waals surface area (Å²) >= 11 is 6.14. The molecule has 1 saturated heterocycles. The maximum absolute atomic E-state index is 12.1. The van der Waals surface area contributed by atoms with Crippen LogP contribution in [0.5, 0.6) is 0 Å². The van der Waals surface area contributed by atoms with Gasteiger partial charge in [-0.3, -0.25) is 19.6 Å². The van der Waals surface area contributed by atoms with Gasteiger partial charge in [-0.25, -0.2) is 0 Å². The average molecular weight is 493 g/mol. The summed E-state index contributed by atoms with van der Waals surface area (Å²) < 4.78 is 5.63. The van der Waals surface area contributed by atoms with E-state index in [1.807, 2.05) is 31.2 Å². The first kappa shape index (κ1) is 25.3. The molecule has 1 aliphatic heterocycles. The second-order valence-corrected chi connectivity index (χ2v) is 9.32. The van der Waals surface area contributed by atoms with Crippen molar-refractivity contribution in [1.82, 2.24) is 20.1 Å². The van der Waals surface area contributed by atoms with Crippen molar-refractivity contribution in [3.8, 4) is 0 Å². The Morgan fingerprint density at radius 3 is 2.40 bits per heavy atom. The van der Waals surface area contributed by atoms with Gasteiger partial charge in [-0.1, -0.05) is 60.1 Å². The second kappa shape index (κ2) is 12.8. The summed E-state index contributed by atoms with van der Waals surface area (Å²) in [6, 6.07) is 22.9. The highest BCUT2D eigenvalue weighted by atomic mass is 35.5. The predicted octanol–water partition coefficient (Wildman–Crippen LogP) is 4.08. The molecule has 0 bridgehead atoms. The third kappa shape index (κ3) is 7.61. The van der Waals surface area contributed by atoms with Crippen LogP contribution in [0, 0.1) is 6.92 Å². The maximum Gasteiger partial charge on any atom is 0.246 e. The minimum atomic E-state index is -0.107. The maximum atomic E-state index is 12.1. The number of aromatic nitrogens is 1. The monoisotopic (exact) mass is 492 g/mol. The van der Waals surface area contributed by atoms with E-state index in [1.165, 1.54) is 11.1 Å². The van der Waals surface area contributed by atoms with E-state index >= 15 is 0 Å². The van der Waals surface area contributed by atoms with Crippen molar-refractivity contribution in [3.63, 3.8) is 0 Å². The Labute approximate surface area is 212 Å². The summed E-state index contributed by atoms with van der Waals surface area (Å²) in [6.45, 7) is 7.70. The number of rotatable bonds is 10. The van der Waals surface area contributed by atoms with Gasteiger partial charge in [-0.2, -0.15) is 0 Å². The number of nitrogens with one attached hydrogen (secondary N) is 1. The molecule has 1 amide bonds. The van der Waals surface area contributed by atoms with Crippen molar-refractivity contribution in [2.24, 2.45) is 0 Å². The molecule has 1 atom stereocenters. The average Bonchev–Trinajstić information content (AvgIpc) is 2.89. The van der Waals surface area contributed by atoms with E-state index in [9.17, 15) is 4.79 Å². The molecule has 0 saturated carbocycles. The van der Waals surface area contributed by atoms with Crippen molar-refractivity contribution < 1.29 is 9.53 Å². The lowest BCUT2D eigenvalue weighted by atomic mass is 9.96. The van der Waals surface area contributed by atoms with Gasteiger partial charge in [-0.05, 0) is 41.8 Å². The topological polar surface area (TPSA) is 57.7 Å². The highest BCUT2D eigenvalue weighted by molar-refractivity contribution is 6.30. The fraction of sp³-hybridized carbons (Fsp3) is 0.357. The van der Waals surface area contributed by atoms with Gasteiger partial charge in [0, 0.05) is 56.2 Å². The fourth-order valence-corrected chi connectivity index (χ4v) is 4.48. The molecule has 1 N–H and O–H groups in total. The Kier molecular flexibility index (Phi) is 9.26. The number of ether oxygens (including phenoxy) is 1. The molecule has 0 spiro atoms. The van der Waals surface area contributed by atoms with Crippen LogP contribution in [0.3, 0.4) is 0 Å². The molecule has 4 rings (SSSR count). The molecule has 1 unspecified atom stereocenters. The summed E-state index contributed by atoms with van der Waals surface area (Å²) in [4.78, 5) is 21.2. The molecule has 0 radical (unpaired) electrons. The first-order valence-electron chi connectivity index (χ1n) is 12.1. The molecule has 2 heterocycles. The lowest BCUT2D eigenvalue weighted by molar-refractivity contribution is -0.126. The number of aryl methyl sites for hydroxylation is 1. The molecule has 1 aromatic heterocycles. The van der Waals surface area contributed by atoms with Crippen LogP contribution in [-0.4, -0.2) is 66.6 Å². The van der Waals surface area contributed by atoms with Crippen LogP contribution >= 0.6 is 11.6 Å². The van der Waals surface area contributed by atoms with Crippen LogP contribution in [0.15, 0.2) is 72.9 Å². The summed E-state index contributed by atoms with van der Waals surface area (Å²) in [7, 11) is 0. The quantitative estimate of drug-likeness (QED) is 0.432. The molecule has 0 aliphatic carbocycles. The number of pyridine rings is 1. The van der Waals surface area contributed by atoms with Crippen LogP contribution < -0.4 is 5.32 Å². The van der Waals surface area contributed by atoms with E-state index in [-0.39, 0.29) is 18.6 Å². The van der Waals surface area contributed by atoms with Crippen molar-refractivity contribution in [2.45, 2.75) is 19.5 Å². The summed E-state index contributed by atoms with van der Waals surface area (Å²) in [5.41, 5.74) is 4.49. The molecule has 1 aliphatic rings. The number of piperazine rings is 1. The minimum absolute atomic E-state index is 0.0753. The number of carbonyl (C=O) groups excluding carboxylic acids is 1. The van der Waals surface area contributed by atoms with E-state index in [1.54, 1.807) is 6.20 Å². The highest BCUT2D eigenvalue weighted by Gasteiger charge is 2.26. The zero-order valence-electron chi connectivity index (χ0n) is 20.2. The standard InChI is InChI=1S/C28H33ClN4O2/c1-22-7-8-23(19-30-22)20-31-27(34)21-35-18-17-32-13-15-33(16-14-32)28(24-5-3-2-4-6-24)25-9-11-26(29)12-10-25/h2-12,19,28H,13-18,20-21H2,1H3,(H,31,34). The number of benzene rings is 2. The highest BCUT2D eigenvalue weighted by Crippen LogP contribution is 2.30. The van der Waals surface area contributed by atoms with E-state index in [2.05, 4.69) is 62.6 Å². The predicted molar refractivity (Wildman–Crippen MR) is 139 cm³/mol. The van der Waals surface area contributed by atoms with Gasteiger partial charge in [0.2, 0.25) is 5.91 Å².